The smallest absolute Gasteiger partial charge is 1.00 e. The Morgan fingerprint density at radius 3 is 0.667 bits per heavy atom. The molecule has 0 aliphatic rings. The van der Waals surface area contributed by atoms with Crippen LogP contribution in [0, 0.1) is 0 Å². The maximum absolute atomic E-state index is 3.00. The molecule has 0 N–H and O–H groups in total. The molecule has 0 spiro atoms. The van der Waals surface area contributed by atoms with E-state index in [4.69, 9.17) is 0 Å². The quantitative estimate of drug-likeness (QED) is 0.216. The molecule has 6 heavy (non-hydrogen) atoms. The van der Waals surface area contributed by atoms with Crippen molar-refractivity contribution in [2.75, 3.05) is 0 Å². The minimum Gasteiger partial charge on any atom is -1.00 e. The minimum atomic E-state index is 0. The van der Waals surface area contributed by atoms with Crippen molar-refractivity contribution in [2.24, 2.45) is 0 Å². The van der Waals surface area contributed by atoms with Crippen LogP contribution in [-0.4, -0.2) is 0 Å². The molecule has 0 saturated carbocycles. The van der Waals surface area contributed by atoms with Gasteiger partial charge in [0.05, 0.1) is 0 Å². The van der Waals surface area contributed by atoms with Crippen molar-refractivity contribution in [3.05, 3.63) is 26.3 Å². The summed E-state index contributed by atoms with van der Waals surface area (Å²) in [6, 6.07) is 0. The standard InChI is InChI=1S/2C2H4.2Na.2H/c2*1-2;;;;/h2*1-2H2;;;;/q;;2*+1;2*-1. The van der Waals surface area contributed by atoms with Gasteiger partial charge in [0.15, 0.2) is 0 Å². The van der Waals surface area contributed by atoms with Gasteiger partial charge in [-0.25, -0.2) is 0 Å². The van der Waals surface area contributed by atoms with E-state index in [-0.39, 0.29) is 62.0 Å². The summed E-state index contributed by atoms with van der Waals surface area (Å²) in [5.74, 6) is 0. The van der Waals surface area contributed by atoms with Gasteiger partial charge in [0.2, 0.25) is 0 Å². The number of rotatable bonds is 0. The van der Waals surface area contributed by atoms with Gasteiger partial charge in [0.25, 0.3) is 0 Å². The van der Waals surface area contributed by atoms with E-state index in [1.165, 1.54) is 0 Å². The van der Waals surface area contributed by atoms with Gasteiger partial charge in [-0.1, -0.05) is 0 Å². The molecule has 0 rings (SSSR count). The molecule has 0 unspecified atom stereocenters. The SMILES string of the molecule is C=C.C=C.[H-].[H-].[Na+].[Na+]. The molecule has 0 radical (unpaired) electrons. The first kappa shape index (κ1) is 25.9. The van der Waals surface area contributed by atoms with E-state index in [1.807, 2.05) is 0 Å². The molecule has 0 aliphatic carbocycles. The summed E-state index contributed by atoms with van der Waals surface area (Å²) in [4.78, 5) is 0. The average Bonchev–Trinajstić information content (AvgIpc) is 1.50. The summed E-state index contributed by atoms with van der Waals surface area (Å²) in [6.07, 6.45) is 0. The molecule has 0 nitrogen and oxygen atoms in total. The molecule has 0 atom stereocenters. The van der Waals surface area contributed by atoms with Crippen LogP contribution in [-0.2, 0) is 0 Å². The number of hydrogen-bond acceptors (Lipinski definition) is 0. The summed E-state index contributed by atoms with van der Waals surface area (Å²) in [7, 11) is 0. The second-order valence-corrected chi connectivity index (χ2v) is 0. The molecule has 0 saturated heterocycles. The van der Waals surface area contributed by atoms with Crippen LogP contribution in [0.15, 0.2) is 26.3 Å². The van der Waals surface area contributed by atoms with Gasteiger partial charge in [-0.3, -0.25) is 0 Å². The van der Waals surface area contributed by atoms with E-state index >= 15 is 0 Å². The van der Waals surface area contributed by atoms with Gasteiger partial charge in [-0.15, -0.1) is 26.3 Å². The third-order valence-corrected chi connectivity index (χ3v) is 0. The molecule has 0 bridgehead atoms. The van der Waals surface area contributed by atoms with E-state index in [0.717, 1.165) is 0 Å². The average molecular weight is 104 g/mol. The molecular weight excluding hydrogens is 94.0 g/mol. The van der Waals surface area contributed by atoms with E-state index in [0.29, 0.717) is 0 Å². The van der Waals surface area contributed by atoms with Crippen LogP contribution in [0.2, 0.25) is 0 Å². The molecule has 0 heterocycles. The molecule has 0 aliphatic heterocycles. The van der Waals surface area contributed by atoms with E-state index in [2.05, 4.69) is 26.3 Å². The Morgan fingerprint density at radius 1 is 0.667 bits per heavy atom. The molecule has 0 aromatic heterocycles. The summed E-state index contributed by atoms with van der Waals surface area (Å²) >= 11 is 0. The Balaban J connectivity index is -0.00000000167. The zero-order valence-electron chi connectivity index (χ0n) is 6.83. The van der Waals surface area contributed by atoms with Crippen LogP contribution in [0.3, 0.4) is 0 Å². The normalized spacial score (nSPS) is 1.33. The number of hydrogen-bond donors (Lipinski definition) is 0. The van der Waals surface area contributed by atoms with E-state index < -0.39 is 0 Å². The third-order valence-electron chi connectivity index (χ3n) is 0. The van der Waals surface area contributed by atoms with Crippen LogP contribution in [0.5, 0.6) is 0 Å². The molecule has 28 valence electrons. The molecule has 0 fully saturated rings. The summed E-state index contributed by atoms with van der Waals surface area (Å²) in [5, 5.41) is 0. The van der Waals surface area contributed by atoms with Crippen LogP contribution < -0.4 is 59.1 Å². The van der Waals surface area contributed by atoms with Crippen LogP contribution in [0.1, 0.15) is 2.85 Å². The van der Waals surface area contributed by atoms with Crippen LogP contribution >= 0.6 is 0 Å². The van der Waals surface area contributed by atoms with Crippen LogP contribution in [0.4, 0.5) is 0 Å². The zero-order valence-corrected chi connectivity index (χ0v) is 8.83. The predicted molar refractivity (Wildman–Crippen MR) is 24.7 cm³/mol. The summed E-state index contributed by atoms with van der Waals surface area (Å²) in [6.45, 7) is 12.0. The fourth-order valence-electron chi connectivity index (χ4n) is 0. The first-order valence-electron chi connectivity index (χ1n) is 1.000. The van der Waals surface area contributed by atoms with Gasteiger partial charge in [0.1, 0.15) is 0 Å². The van der Waals surface area contributed by atoms with Gasteiger partial charge in [-0.2, -0.15) is 0 Å². The molecule has 0 amide bonds. The zero-order chi connectivity index (χ0) is 4.00. The van der Waals surface area contributed by atoms with Gasteiger partial charge < -0.3 is 2.85 Å². The first-order chi connectivity index (χ1) is 2.00. The summed E-state index contributed by atoms with van der Waals surface area (Å²) < 4.78 is 0. The topological polar surface area (TPSA) is 0 Å². The maximum atomic E-state index is 3.00. The maximum Gasteiger partial charge on any atom is 1.00 e. The minimum absolute atomic E-state index is 0. The Labute approximate surface area is 87.3 Å². The monoisotopic (exact) mass is 104 g/mol. The Hall–Kier alpha value is 1.48. The van der Waals surface area contributed by atoms with Crippen molar-refractivity contribution in [1.29, 1.82) is 0 Å². The predicted octanol–water partition coefficient (Wildman–Crippen LogP) is -4.16. The van der Waals surface area contributed by atoms with Crippen molar-refractivity contribution in [3.63, 3.8) is 0 Å². The Morgan fingerprint density at radius 2 is 0.667 bits per heavy atom. The van der Waals surface area contributed by atoms with Crippen molar-refractivity contribution < 1.29 is 62.0 Å². The third kappa shape index (κ3) is 50.2. The van der Waals surface area contributed by atoms with Crippen molar-refractivity contribution in [2.45, 2.75) is 0 Å². The van der Waals surface area contributed by atoms with Gasteiger partial charge in [0, 0.05) is 0 Å². The van der Waals surface area contributed by atoms with Gasteiger partial charge >= 0.3 is 59.1 Å². The molecule has 0 aromatic carbocycles. The summed E-state index contributed by atoms with van der Waals surface area (Å²) in [5.41, 5.74) is 0. The van der Waals surface area contributed by atoms with E-state index in [1.54, 1.807) is 0 Å². The van der Waals surface area contributed by atoms with Gasteiger partial charge in [-0.05, 0) is 0 Å². The second-order valence-electron chi connectivity index (χ2n) is 0. The van der Waals surface area contributed by atoms with Crippen molar-refractivity contribution in [1.82, 2.24) is 0 Å². The first-order valence-corrected chi connectivity index (χ1v) is 1.000. The van der Waals surface area contributed by atoms with Crippen LogP contribution in [0.25, 0.3) is 0 Å². The molecule has 0 aromatic rings. The van der Waals surface area contributed by atoms with E-state index in [9.17, 15) is 0 Å². The Kier molecular flexibility index (Phi) is 384. The fourth-order valence-corrected chi connectivity index (χ4v) is 0. The second kappa shape index (κ2) is 88.8. The fraction of sp³-hybridized carbons (Fsp3) is 0. The van der Waals surface area contributed by atoms with Crippen molar-refractivity contribution in [3.8, 4) is 0 Å². The Bertz CT molecular complexity index is 14.0. The molecule has 2 heteroatoms. The molecular formula is C4H10Na2. The van der Waals surface area contributed by atoms with Crippen molar-refractivity contribution >= 4 is 0 Å². The largest absolute Gasteiger partial charge is 1.00 e.